The van der Waals surface area contributed by atoms with E-state index in [1.165, 1.54) is 44.5 Å². The maximum atomic E-state index is 6.64. The summed E-state index contributed by atoms with van der Waals surface area (Å²) in [5.74, 6) is 0. The van der Waals surface area contributed by atoms with E-state index < -0.39 is 0 Å². The SMILES string of the molecule is Cc1cc(Br)ccc1C(N)c1c(C)c(C)c(C)c(C)c1C. The molecule has 0 radical (unpaired) electrons. The summed E-state index contributed by atoms with van der Waals surface area (Å²) in [4.78, 5) is 0. The first kappa shape index (κ1) is 16.3. The van der Waals surface area contributed by atoms with Crippen LogP contribution in [-0.2, 0) is 0 Å². The summed E-state index contributed by atoms with van der Waals surface area (Å²) in [7, 11) is 0. The van der Waals surface area contributed by atoms with Gasteiger partial charge in [-0.05, 0) is 98.2 Å². The van der Waals surface area contributed by atoms with E-state index in [0.717, 1.165) is 4.47 Å². The van der Waals surface area contributed by atoms with Crippen LogP contribution in [0, 0.1) is 41.5 Å². The molecule has 0 saturated carbocycles. The van der Waals surface area contributed by atoms with E-state index in [-0.39, 0.29) is 6.04 Å². The Morgan fingerprint density at radius 2 is 1.29 bits per heavy atom. The predicted molar refractivity (Wildman–Crippen MR) is 95.0 cm³/mol. The lowest BCUT2D eigenvalue weighted by Gasteiger charge is -2.24. The molecule has 0 spiro atoms. The molecule has 1 atom stereocenters. The topological polar surface area (TPSA) is 26.0 Å². The number of nitrogens with two attached hydrogens (primary N) is 1. The summed E-state index contributed by atoms with van der Waals surface area (Å²) in [6.45, 7) is 13.1. The molecule has 0 bridgehead atoms. The number of benzene rings is 2. The second-order valence-corrected chi connectivity index (χ2v) is 6.93. The number of hydrogen-bond donors (Lipinski definition) is 1. The van der Waals surface area contributed by atoms with E-state index in [0.29, 0.717) is 0 Å². The molecule has 2 aromatic rings. The molecular weight excluding hydrogens is 322 g/mol. The molecule has 0 heterocycles. The number of halogens is 1. The normalized spacial score (nSPS) is 12.6. The smallest absolute Gasteiger partial charge is 0.0559 e. The van der Waals surface area contributed by atoms with Crippen molar-refractivity contribution in [3.8, 4) is 0 Å². The van der Waals surface area contributed by atoms with Gasteiger partial charge in [0.25, 0.3) is 0 Å². The molecule has 0 fully saturated rings. The Morgan fingerprint density at radius 3 is 1.76 bits per heavy atom. The zero-order valence-corrected chi connectivity index (χ0v) is 15.4. The fraction of sp³-hybridized carbons (Fsp3) is 0.368. The third kappa shape index (κ3) is 2.79. The van der Waals surface area contributed by atoms with E-state index >= 15 is 0 Å². The quantitative estimate of drug-likeness (QED) is 0.780. The zero-order valence-electron chi connectivity index (χ0n) is 13.8. The molecule has 0 aromatic heterocycles. The van der Waals surface area contributed by atoms with E-state index in [9.17, 15) is 0 Å². The monoisotopic (exact) mass is 345 g/mol. The van der Waals surface area contributed by atoms with Gasteiger partial charge in [-0.1, -0.05) is 22.0 Å². The van der Waals surface area contributed by atoms with E-state index in [1.807, 2.05) is 0 Å². The Kier molecular flexibility index (Phi) is 4.60. The van der Waals surface area contributed by atoms with Crippen molar-refractivity contribution in [2.75, 3.05) is 0 Å². The van der Waals surface area contributed by atoms with Crippen molar-refractivity contribution >= 4 is 15.9 Å². The maximum Gasteiger partial charge on any atom is 0.0559 e. The van der Waals surface area contributed by atoms with Crippen LogP contribution in [0.3, 0.4) is 0 Å². The molecule has 0 saturated heterocycles. The minimum absolute atomic E-state index is 0.0731. The molecule has 1 nitrogen and oxygen atoms in total. The Hall–Kier alpha value is -1.12. The van der Waals surface area contributed by atoms with E-state index in [1.54, 1.807) is 0 Å². The average Bonchev–Trinajstić information content (AvgIpc) is 2.43. The second kappa shape index (κ2) is 5.94. The van der Waals surface area contributed by atoms with Crippen molar-refractivity contribution in [2.24, 2.45) is 5.73 Å². The average molecular weight is 346 g/mol. The maximum absolute atomic E-state index is 6.64. The van der Waals surface area contributed by atoms with Gasteiger partial charge in [-0.15, -0.1) is 0 Å². The van der Waals surface area contributed by atoms with Crippen molar-refractivity contribution in [2.45, 2.75) is 47.6 Å². The van der Waals surface area contributed by atoms with Crippen LogP contribution in [-0.4, -0.2) is 0 Å². The summed E-state index contributed by atoms with van der Waals surface area (Å²) in [6.07, 6.45) is 0. The van der Waals surface area contributed by atoms with E-state index in [4.69, 9.17) is 5.73 Å². The number of aryl methyl sites for hydroxylation is 1. The number of rotatable bonds is 2. The zero-order chi connectivity index (χ0) is 15.9. The summed E-state index contributed by atoms with van der Waals surface area (Å²) in [5.41, 5.74) is 17.1. The van der Waals surface area contributed by atoms with Crippen LogP contribution in [0.4, 0.5) is 0 Å². The predicted octanol–water partition coefficient (Wildman–Crippen LogP) is 5.35. The minimum Gasteiger partial charge on any atom is -0.320 e. The standard InChI is InChI=1S/C19H24BrN/c1-10-9-16(20)7-8-17(10)19(21)18-14(5)12(3)11(2)13(4)15(18)6/h7-9,19H,21H2,1-6H3. The largest absolute Gasteiger partial charge is 0.320 e. The first-order chi connectivity index (χ1) is 9.75. The van der Waals surface area contributed by atoms with Crippen molar-refractivity contribution in [3.05, 3.63) is 67.2 Å². The van der Waals surface area contributed by atoms with Gasteiger partial charge in [0, 0.05) is 4.47 Å². The van der Waals surface area contributed by atoms with Gasteiger partial charge in [0.2, 0.25) is 0 Å². The molecule has 0 aliphatic heterocycles. The summed E-state index contributed by atoms with van der Waals surface area (Å²) < 4.78 is 1.10. The highest BCUT2D eigenvalue weighted by Crippen LogP contribution is 2.34. The van der Waals surface area contributed by atoms with Crippen LogP contribution in [0.15, 0.2) is 22.7 Å². The first-order valence-corrected chi connectivity index (χ1v) is 8.13. The molecule has 21 heavy (non-hydrogen) atoms. The van der Waals surface area contributed by atoms with Crippen LogP contribution in [0.1, 0.15) is 50.5 Å². The highest BCUT2D eigenvalue weighted by Gasteiger charge is 2.20. The molecule has 1 unspecified atom stereocenters. The summed E-state index contributed by atoms with van der Waals surface area (Å²) in [6, 6.07) is 6.26. The van der Waals surface area contributed by atoms with Crippen molar-refractivity contribution in [3.63, 3.8) is 0 Å². The molecule has 2 rings (SSSR count). The summed E-state index contributed by atoms with van der Waals surface area (Å²) in [5, 5.41) is 0. The number of hydrogen-bond acceptors (Lipinski definition) is 1. The Labute approximate surface area is 136 Å². The van der Waals surface area contributed by atoms with Gasteiger partial charge in [-0.25, -0.2) is 0 Å². The highest BCUT2D eigenvalue weighted by atomic mass is 79.9. The third-order valence-electron chi connectivity index (χ3n) is 4.94. The van der Waals surface area contributed by atoms with Crippen LogP contribution in [0.25, 0.3) is 0 Å². The van der Waals surface area contributed by atoms with Crippen LogP contribution >= 0.6 is 15.9 Å². The Bertz CT molecular complexity index is 672. The first-order valence-electron chi connectivity index (χ1n) is 7.34. The van der Waals surface area contributed by atoms with Crippen molar-refractivity contribution in [1.29, 1.82) is 0 Å². The Morgan fingerprint density at radius 1 is 0.810 bits per heavy atom. The van der Waals surface area contributed by atoms with E-state index in [2.05, 4.69) is 75.7 Å². The molecule has 0 amide bonds. The molecule has 0 aliphatic carbocycles. The fourth-order valence-electron chi connectivity index (χ4n) is 3.14. The molecule has 0 aliphatic rings. The minimum atomic E-state index is -0.0731. The molecular formula is C19H24BrN. The van der Waals surface area contributed by atoms with Crippen molar-refractivity contribution in [1.82, 2.24) is 0 Å². The Balaban J connectivity index is 2.66. The van der Waals surface area contributed by atoms with Crippen LogP contribution < -0.4 is 5.73 Å². The van der Waals surface area contributed by atoms with Gasteiger partial charge < -0.3 is 5.73 Å². The van der Waals surface area contributed by atoms with Gasteiger partial charge in [0.05, 0.1) is 6.04 Å². The lowest BCUT2D eigenvalue weighted by Crippen LogP contribution is -2.18. The van der Waals surface area contributed by atoms with Gasteiger partial charge in [0.1, 0.15) is 0 Å². The van der Waals surface area contributed by atoms with Crippen LogP contribution in [0.2, 0.25) is 0 Å². The van der Waals surface area contributed by atoms with Gasteiger partial charge in [-0.3, -0.25) is 0 Å². The molecule has 2 N–H and O–H groups in total. The van der Waals surface area contributed by atoms with Gasteiger partial charge >= 0.3 is 0 Å². The summed E-state index contributed by atoms with van der Waals surface area (Å²) >= 11 is 3.52. The van der Waals surface area contributed by atoms with Gasteiger partial charge in [0.15, 0.2) is 0 Å². The third-order valence-corrected chi connectivity index (χ3v) is 5.43. The molecule has 2 heteroatoms. The van der Waals surface area contributed by atoms with Crippen molar-refractivity contribution < 1.29 is 0 Å². The highest BCUT2D eigenvalue weighted by molar-refractivity contribution is 9.10. The molecule has 2 aromatic carbocycles. The fourth-order valence-corrected chi connectivity index (χ4v) is 3.61. The lowest BCUT2D eigenvalue weighted by molar-refractivity contribution is 0.834. The lowest BCUT2D eigenvalue weighted by atomic mass is 9.83. The second-order valence-electron chi connectivity index (χ2n) is 6.02. The van der Waals surface area contributed by atoms with Crippen LogP contribution in [0.5, 0.6) is 0 Å². The molecule has 112 valence electrons. The van der Waals surface area contributed by atoms with Gasteiger partial charge in [-0.2, -0.15) is 0 Å².